The van der Waals surface area contributed by atoms with E-state index in [4.69, 9.17) is 4.74 Å². The Bertz CT molecular complexity index is 612. The average Bonchev–Trinajstić information content (AvgIpc) is 2.46. The molecule has 0 aliphatic heterocycles. The fourth-order valence-corrected chi connectivity index (χ4v) is 1.94. The Morgan fingerprint density at radius 1 is 1.05 bits per heavy atom. The van der Waals surface area contributed by atoms with Crippen LogP contribution in [0.15, 0.2) is 55.1 Å². The number of carbonyl (C=O) groups is 1. The van der Waals surface area contributed by atoms with E-state index in [0.29, 0.717) is 11.1 Å². The molecule has 0 unspecified atom stereocenters. The van der Waals surface area contributed by atoms with E-state index in [1.165, 1.54) is 0 Å². The second-order valence-electron chi connectivity index (χ2n) is 4.39. The Morgan fingerprint density at radius 3 is 2.32 bits per heavy atom. The van der Waals surface area contributed by atoms with Gasteiger partial charge < -0.3 is 4.74 Å². The summed E-state index contributed by atoms with van der Waals surface area (Å²) in [6, 6.07) is 14.6. The summed E-state index contributed by atoms with van der Waals surface area (Å²) >= 11 is 0. The van der Waals surface area contributed by atoms with E-state index in [0.717, 1.165) is 16.9 Å². The largest absolute Gasteiger partial charge is 0.496 e. The van der Waals surface area contributed by atoms with E-state index in [2.05, 4.69) is 6.58 Å². The molecule has 2 heteroatoms. The van der Waals surface area contributed by atoms with Crippen LogP contribution in [0.5, 0.6) is 5.75 Å². The van der Waals surface area contributed by atoms with Gasteiger partial charge in [0.25, 0.3) is 0 Å². The molecular formula is C17H16O2. The van der Waals surface area contributed by atoms with Crippen LogP contribution in [0.3, 0.4) is 0 Å². The highest BCUT2D eigenvalue weighted by Gasteiger charge is 2.12. The van der Waals surface area contributed by atoms with Crippen molar-refractivity contribution in [2.45, 2.75) is 6.92 Å². The van der Waals surface area contributed by atoms with E-state index >= 15 is 0 Å². The molecule has 0 saturated carbocycles. The molecule has 2 rings (SSSR count). The third kappa shape index (κ3) is 2.74. The minimum absolute atomic E-state index is 0.00533. The van der Waals surface area contributed by atoms with Gasteiger partial charge in [0, 0.05) is 16.7 Å². The number of hydrogen-bond donors (Lipinski definition) is 0. The summed E-state index contributed by atoms with van der Waals surface area (Å²) in [5.74, 6) is 0.739. The Balaban J connectivity index is 2.44. The summed E-state index contributed by atoms with van der Waals surface area (Å²) in [5, 5.41) is 0. The summed E-state index contributed by atoms with van der Waals surface area (Å²) < 4.78 is 5.27. The molecule has 0 aromatic heterocycles. The summed E-state index contributed by atoms with van der Waals surface area (Å²) in [6.45, 7) is 5.81. The second kappa shape index (κ2) is 5.53. The van der Waals surface area contributed by atoms with Gasteiger partial charge in [-0.1, -0.05) is 36.9 Å². The molecule has 0 amide bonds. The smallest absolute Gasteiger partial charge is 0.193 e. The number of carbonyl (C=O) groups excluding carboxylic acids is 1. The van der Waals surface area contributed by atoms with Gasteiger partial charge in [-0.25, -0.2) is 0 Å². The Morgan fingerprint density at radius 2 is 1.74 bits per heavy atom. The quantitative estimate of drug-likeness (QED) is 0.770. The molecule has 0 aliphatic rings. The summed E-state index contributed by atoms with van der Waals surface area (Å²) in [4.78, 5) is 12.4. The minimum Gasteiger partial charge on any atom is -0.496 e. The monoisotopic (exact) mass is 252 g/mol. The van der Waals surface area contributed by atoms with Crippen molar-refractivity contribution in [3.63, 3.8) is 0 Å². The normalized spacial score (nSPS) is 10.0. The van der Waals surface area contributed by atoms with Gasteiger partial charge in [-0.15, -0.1) is 0 Å². The first-order valence-electron chi connectivity index (χ1n) is 6.07. The first-order chi connectivity index (χ1) is 9.13. The molecule has 96 valence electrons. The zero-order chi connectivity index (χ0) is 13.8. The number of ether oxygens (including phenoxy) is 1. The fourth-order valence-electron chi connectivity index (χ4n) is 1.94. The Labute approximate surface area is 113 Å². The molecule has 19 heavy (non-hydrogen) atoms. The molecule has 0 bridgehead atoms. The van der Waals surface area contributed by atoms with Crippen molar-refractivity contribution in [1.29, 1.82) is 0 Å². The minimum atomic E-state index is 0.00533. The van der Waals surface area contributed by atoms with Crippen molar-refractivity contribution < 1.29 is 9.53 Å². The van der Waals surface area contributed by atoms with Gasteiger partial charge in [0.2, 0.25) is 0 Å². The van der Waals surface area contributed by atoms with Crippen LogP contribution < -0.4 is 4.74 Å². The maximum atomic E-state index is 12.4. The highest BCUT2D eigenvalue weighted by atomic mass is 16.5. The van der Waals surface area contributed by atoms with E-state index in [-0.39, 0.29) is 5.78 Å². The van der Waals surface area contributed by atoms with Crippen LogP contribution in [0.2, 0.25) is 0 Å². The average molecular weight is 252 g/mol. The van der Waals surface area contributed by atoms with Gasteiger partial charge in [-0.2, -0.15) is 0 Å². The van der Waals surface area contributed by atoms with E-state index in [9.17, 15) is 4.79 Å². The third-order valence-corrected chi connectivity index (χ3v) is 2.96. The van der Waals surface area contributed by atoms with Crippen LogP contribution in [-0.2, 0) is 0 Å². The van der Waals surface area contributed by atoms with Gasteiger partial charge >= 0.3 is 0 Å². The number of benzene rings is 2. The van der Waals surface area contributed by atoms with Crippen molar-refractivity contribution >= 4 is 11.4 Å². The lowest BCUT2D eigenvalue weighted by molar-refractivity contribution is 0.103. The molecule has 0 N–H and O–H groups in total. The van der Waals surface area contributed by atoms with Crippen LogP contribution in [0.25, 0.3) is 5.57 Å². The molecule has 0 aliphatic carbocycles. The summed E-state index contributed by atoms with van der Waals surface area (Å²) in [7, 11) is 1.61. The van der Waals surface area contributed by atoms with Gasteiger partial charge in [0.05, 0.1) is 7.11 Å². The second-order valence-corrected chi connectivity index (χ2v) is 4.39. The van der Waals surface area contributed by atoms with Crippen LogP contribution >= 0.6 is 0 Å². The highest BCUT2D eigenvalue weighted by molar-refractivity contribution is 6.09. The zero-order valence-corrected chi connectivity index (χ0v) is 11.1. The summed E-state index contributed by atoms with van der Waals surface area (Å²) in [5.41, 5.74) is 3.06. The van der Waals surface area contributed by atoms with Gasteiger partial charge in [0.15, 0.2) is 5.78 Å². The van der Waals surface area contributed by atoms with Crippen LogP contribution in [-0.4, -0.2) is 12.9 Å². The number of methoxy groups -OCH3 is 1. The Hall–Kier alpha value is -2.35. The van der Waals surface area contributed by atoms with E-state index in [1.807, 2.05) is 43.3 Å². The van der Waals surface area contributed by atoms with Crippen molar-refractivity contribution in [2.24, 2.45) is 0 Å². The third-order valence-electron chi connectivity index (χ3n) is 2.96. The molecule has 0 spiro atoms. The number of allylic oxidation sites excluding steroid dienone is 1. The van der Waals surface area contributed by atoms with Crippen LogP contribution in [0, 0.1) is 0 Å². The number of ketones is 1. The maximum absolute atomic E-state index is 12.4. The van der Waals surface area contributed by atoms with Crippen molar-refractivity contribution in [3.8, 4) is 5.75 Å². The standard InChI is InChI=1S/C17H16O2/c1-12(2)15-11-14(9-10-16(15)19-3)17(18)13-7-5-4-6-8-13/h4-11H,1H2,2-3H3. The lowest BCUT2D eigenvalue weighted by atomic mass is 9.98. The number of rotatable bonds is 4. The van der Waals surface area contributed by atoms with E-state index in [1.54, 1.807) is 19.2 Å². The lowest BCUT2D eigenvalue weighted by Gasteiger charge is -2.10. The zero-order valence-electron chi connectivity index (χ0n) is 11.1. The van der Waals surface area contributed by atoms with Crippen molar-refractivity contribution in [1.82, 2.24) is 0 Å². The van der Waals surface area contributed by atoms with Gasteiger partial charge in [0.1, 0.15) is 5.75 Å². The molecule has 0 fully saturated rings. The molecule has 2 aromatic rings. The molecular weight excluding hydrogens is 236 g/mol. The lowest BCUT2D eigenvalue weighted by Crippen LogP contribution is -2.02. The maximum Gasteiger partial charge on any atom is 0.193 e. The molecule has 2 nitrogen and oxygen atoms in total. The molecule has 0 saturated heterocycles. The van der Waals surface area contributed by atoms with E-state index < -0.39 is 0 Å². The Kier molecular flexibility index (Phi) is 3.81. The predicted molar refractivity (Wildman–Crippen MR) is 77.6 cm³/mol. The first-order valence-corrected chi connectivity index (χ1v) is 6.07. The molecule has 2 aromatic carbocycles. The topological polar surface area (TPSA) is 26.3 Å². The molecule has 0 heterocycles. The fraction of sp³-hybridized carbons (Fsp3) is 0.118. The van der Waals surface area contributed by atoms with Crippen LogP contribution in [0.4, 0.5) is 0 Å². The van der Waals surface area contributed by atoms with Crippen LogP contribution in [0.1, 0.15) is 28.4 Å². The highest BCUT2D eigenvalue weighted by Crippen LogP contribution is 2.26. The predicted octanol–water partition coefficient (Wildman–Crippen LogP) is 3.96. The summed E-state index contributed by atoms with van der Waals surface area (Å²) in [6.07, 6.45) is 0. The number of hydrogen-bond acceptors (Lipinski definition) is 2. The molecule has 0 radical (unpaired) electrons. The SMILES string of the molecule is C=C(C)c1cc(C(=O)c2ccccc2)ccc1OC. The van der Waals surface area contributed by atoms with Gasteiger partial charge in [-0.3, -0.25) is 4.79 Å². The van der Waals surface area contributed by atoms with Crippen molar-refractivity contribution in [2.75, 3.05) is 7.11 Å². The van der Waals surface area contributed by atoms with Crippen molar-refractivity contribution in [3.05, 3.63) is 71.8 Å². The molecule has 0 atom stereocenters. The first kappa shape index (κ1) is 13.1. The van der Waals surface area contributed by atoms with Gasteiger partial charge in [-0.05, 0) is 30.7 Å².